The van der Waals surface area contributed by atoms with Gasteiger partial charge in [0, 0.05) is 41.5 Å². The molecule has 1 aliphatic heterocycles. The average Bonchev–Trinajstić information content (AvgIpc) is 3.27. The van der Waals surface area contributed by atoms with Crippen molar-refractivity contribution >= 4 is 17.2 Å². The third kappa shape index (κ3) is 5.05. The largest absolute Gasteiger partial charge is 0.350 e. The number of carbonyl (C=O) groups excluding carboxylic acids is 1. The number of piperidine rings is 1. The first kappa shape index (κ1) is 19.7. The van der Waals surface area contributed by atoms with Crippen molar-refractivity contribution in [2.24, 2.45) is 0 Å². The van der Waals surface area contributed by atoms with Gasteiger partial charge in [0.2, 0.25) is 5.91 Å². The molecule has 0 radical (unpaired) electrons. The summed E-state index contributed by atoms with van der Waals surface area (Å²) in [6.45, 7) is 4.73. The number of rotatable bonds is 6. The van der Waals surface area contributed by atoms with Crippen LogP contribution in [-0.2, 0) is 11.3 Å². The van der Waals surface area contributed by atoms with Gasteiger partial charge >= 0.3 is 0 Å². The Kier molecular flexibility index (Phi) is 6.27. The highest BCUT2D eigenvalue weighted by Crippen LogP contribution is 2.32. The molecule has 150 valence electrons. The predicted molar refractivity (Wildman–Crippen MR) is 115 cm³/mol. The van der Waals surface area contributed by atoms with E-state index in [0.29, 0.717) is 19.0 Å². The highest BCUT2D eigenvalue weighted by Gasteiger charge is 2.26. The summed E-state index contributed by atoms with van der Waals surface area (Å²) in [6, 6.07) is 8.04. The fourth-order valence-electron chi connectivity index (χ4n) is 3.83. The molecular formula is C22H25N5OS. The van der Waals surface area contributed by atoms with Crippen LogP contribution in [0.1, 0.15) is 35.2 Å². The molecule has 1 fully saturated rings. The van der Waals surface area contributed by atoms with Gasteiger partial charge in [0.15, 0.2) is 0 Å². The molecule has 0 unspecified atom stereocenters. The second-order valence-corrected chi connectivity index (χ2v) is 8.41. The lowest BCUT2D eigenvalue weighted by molar-refractivity contribution is -0.122. The molecular weight excluding hydrogens is 382 g/mol. The zero-order valence-corrected chi connectivity index (χ0v) is 17.4. The summed E-state index contributed by atoms with van der Waals surface area (Å²) in [4.78, 5) is 29.2. The van der Waals surface area contributed by atoms with E-state index >= 15 is 0 Å². The number of aryl methyl sites for hydroxylation is 1. The van der Waals surface area contributed by atoms with Gasteiger partial charge in [0.25, 0.3) is 0 Å². The van der Waals surface area contributed by atoms with Crippen molar-refractivity contribution in [3.63, 3.8) is 0 Å². The van der Waals surface area contributed by atoms with E-state index in [4.69, 9.17) is 4.98 Å². The number of thiophene rings is 1. The molecule has 3 aromatic rings. The zero-order chi connectivity index (χ0) is 20.1. The number of carbonyl (C=O) groups is 1. The van der Waals surface area contributed by atoms with E-state index in [-0.39, 0.29) is 5.91 Å². The summed E-state index contributed by atoms with van der Waals surface area (Å²) in [6.07, 6.45) is 7.64. The second kappa shape index (κ2) is 9.24. The Morgan fingerprint density at radius 3 is 2.97 bits per heavy atom. The highest BCUT2D eigenvalue weighted by atomic mass is 32.1. The maximum Gasteiger partial charge on any atom is 0.234 e. The lowest BCUT2D eigenvalue weighted by Gasteiger charge is -2.32. The number of aromatic nitrogens is 3. The average molecular weight is 408 g/mol. The van der Waals surface area contributed by atoms with Crippen LogP contribution in [0.4, 0.5) is 0 Å². The number of hydrogen-bond acceptors (Lipinski definition) is 6. The molecule has 7 heteroatoms. The Bertz CT molecular complexity index is 945. The quantitative estimate of drug-likeness (QED) is 0.678. The van der Waals surface area contributed by atoms with Crippen LogP contribution in [0.15, 0.2) is 48.2 Å². The summed E-state index contributed by atoms with van der Waals surface area (Å²) in [5, 5.41) is 5.06. The minimum atomic E-state index is 0.0762. The van der Waals surface area contributed by atoms with Crippen LogP contribution >= 0.6 is 11.3 Å². The summed E-state index contributed by atoms with van der Waals surface area (Å²) < 4.78 is 0. The number of hydrogen-bond donors (Lipinski definition) is 1. The Hall–Kier alpha value is -2.64. The molecule has 29 heavy (non-hydrogen) atoms. The van der Waals surface area contributed by atoms with Crippen LogP contribution in [0.25, 0.3) is 11.1 Å². The summed E-state index contributed by atoms with van der Waals surface area (Å²) in [7, 11) is 0. The molecule has 4 heterocycles. The topological polar surface area (TPSA) is 71.0 Å². The number of pyridine rings is 1. The van der Waals surface area contributed by atoms with Crippen molar-refractivity contribution in [2.45, 2.75) is 32.2 Å². The van der Waals surface area contributed by atoms with Gasteiger partial charge in [-0.15, -0.1) is 11.3 Å². The molecule has 6 nitrogen and oxygen atoms in total. The SMILES string of the molecule is Cc1ncc(-c2ccncc2)c([C@@H]2CCCN(CC(=O)NCc3cccs3)C2)n1. The summed E-state index contributed by atoms with van der Waals surface area (Å²) >= 11 is 1.66. The van der Waals surface area contributed by atoms with E-state index in [9.17, 15) is 4.79 Å². The number of nitrogens with zero attached hydrogens (tertiary/aromatic N) is 4. The van der Waals surface area contributed by atoms with Crippen molar-refractivity contribution in [3.8, 4) is 11.1 Å². The first-order valence-corrected chi connectivity index (χ1v) is 10.8. The molecule has 0 aliphatic carbocycles. The fourth-order valence-corrected chi connectivity index (χ4v) is 4.48. The van der Waals surface area contributed by atoms with Gasteiger partial charge in [0.05, 0.1) is 18.8 Å². The van der Waals surface area contributed by atoms with Crippen molar-refractivity contribution < 1.29 is 4.79 Å². The van der Waals surface area contributed by atoms with E-state index < -0.39 is 0 Å². The lowest BCUT2D eigenvalue weighted by Crippen LogP contribution is -2.42. The third-order valence-corrected chi connectivity index (χ3v) is 6.11. The van der Waals surface area contributed by atoms with Crippen LogP contribution in [0.2, 0.25) is 0 Å². The molecule has 1 atom stereocenters. The third-order valence-electron chi connectivity index (χ3n) is 5.23. The Morgan fingerprint density at radius 2 is 2.17 bits per heavy atom. The van der Waals surface area contributed by atoms with Crippen LogP contribution in [0.5, 0.6) is 0 Å². The van der Waals surface area contributed by atoms with Crippen molar-refractivity contribution in [1.29, 1.82) is 0 Å². The summed E-state index contributed by atoms with van der Waals surface area (Å²) in [5.74, 6) is 1.15. The molecule has 4 rings (SSSR count). The van der Waals surface area contributed by atoms with Gasteiger partial charge in [-0.05, 0) is 55.5 Å². The van der Waals surface area contributed by atoms with E-state index in [1.165, 1.54) is 4.88 Å². The van der Waals surface area contributed by atoms with Gasteiger partial charge in [-0.3, -0.25) is 14.7 Å². The Morgan fingerprint density at radius 1 is 1.31 bits per heavy atom. The summed E-state index contributed by atoms with van der Waals surface area (Å²) in [5.41, 5.74) is 3.22. The molecule has 0 spiro atoms. The van der Waals surface area contributed by atoms with Crippen molar-refractivity contribution in [2.75, 3.05) is 19.6 Å². The van der Waals surface area contributed by atoms with E-state index in [0.717, 1.165) is 48.6 Å². The number of amides is 1. The van der Waals surface area contributed by atoms with E-state index in [1.54, 1.807) is 23.7 Å². The standard InChI is InChI=1S/C22H25N5OS/c1-16-24-13-20(17-6-8-23-9-7-17)22(26-16)18-4-2-10-27(14-18)15-21(28)25-12-19-5-3-11-29-19/h3,5-9,11,13,18H,2,4,10,12,14-15H2,1H3,(H,25,28)/t18-/m1/s1. The van der Waals surface area contributed by atoms with Gasteiger partial charge in [-0.2, -0.15) is 0 Å². The molecule has 1 saturated heterocycles. The molecule has 0 aromatic carbocycles. The number of nitrogens with one attached hydrogen (secondary N) is 1. The molecule has 1 amide bonds. The fraction of sp³-hybridized carbons (Fsp3) is 0.364. The lowest BCUT2D eigenvalue weighted by atomic mass is 9.90. The Balaban J connectivity index is 1.44. The van der Waals surface area contributed by atoms with Gasteiger partial charge in [-0.25, -0.2) is 9.97 Å². The molecule has 0 saturated carbocycles. The van der Waals surface area contributed by atoms with Gasteiger partial charge in [0.1, 0.15) is 5.82 Å². The molecule has 1 aliphatic rings. The van der Waals surface area contributed by atoms with Crippen molar-refractivity contribution in [3.05, 3.63) is 64.6 Å². The molecule has 0 bridgehead atoms. The second-order valence-electron chi connectivity index (χ2n) is 7.38. The minimum absolute atomic E-state index is 0.0762. The first-order chi connectivity index (χ1) is 14.2. The van der Waals surface area contributed by atoms with Crippen molar-refractivity contribution in [1.82, 2.24) is 25.2 Å². The predicted octanol–water partition coefficient (Wildman–Crippen LogP) is 3.40. The number of likely N-dealkylation sites (tertiary alicyclic amines) is 1. The zero-order valence-electron chi connectivity index (χ0n) is 16.5. The van der Waals surface area contributed by atoms with Crippen LogP contribution in [-0.4, -0.2) is 45.4 Å². The maximum atomic E-state index is 12.4. The monoisotopic (exact) mass is 407 g/mol. The molecule has 1 N–H and O–H groups in total. The molecule has 3 aromatic heterocycles. The van der Waals surface area contributed by atoms with E-state index in [1.807, 2.05) is 42.8 Å². The normalized spacial score (nSPS) is 17.2. The Labute approximate surface area is 175 Å². The van der Waals surface area contributed by atoms with Crippen LogP contribution in [0, 0.1) is 6.92 Å². The van der Waals surface area contributed by atoms with E-state index in [2.05, 4.69) is 20.2 Å². The first-order valence-electron chi connectivity index (χ1n) is 9.94. The van der Waals surface area contributed by atoms with Gasteiger partial charge < -0.3 is 5.32 Å². The maximum absolute atomic E-state index is 12.4. The van der Waals surface area contributed by atoms with Crippen LogP contribution in [0.3, 0.4) is 0 Å². The van der Waals surface area contributed by atoms with Gasteiger partial charge in [-0.1, -0.05) is 6.07 Å². The highest BCUT2D eigenvalue weighted by molar-refractivity contribution is 7.09. The van der Waals surface area contributed by atoms with Crippen LogP contribution < -0.4 is 5.32 Å². The minimum Gasteiger partial charge on any atom is -0.350 e. The smallest absolute Gasteiger partial charge is 0.234 e.